The lowest BCUT2D eigenvalue weighted by Gasteiger charge is -2.20. The minimum absolute atomic E-state index is 0.0959. The summed E-state index contributed by atoms with van der Waals surface area (Å²) in [6, 6.07) is 23.4. The minimum atomic E-state index is -1.20. The fourth-order valence-electron chi connectivity index (χ4n) is 4.83. The van der Waals surface area contributed by atoms with E-state index >= 15 is 0 Å². The van der Waals surface area contributed by atoms with E-state index in [0.29, 0.717) is 39.0 Å². The maximum absolute atomic E-state index is 12.2. The van der Waals surface area contributed by atoms with Gasteiger partial charge in [-0.1, -0.05) is 12.1 Å². The van der Waals surface area contributed by atoms with Crippen molar-refractivity contribution in [1.82, 2.24) is 0 Å². The maximum atomic E-state index is 12.2. The van der Waals surface area contributed by atoms with Crippen LogP contribution >= 0.6 is 0 Å². The number of benzene rings is 4. The first-order valence-corrected chi connectivity index (χ1v) is 13.8. The number of ether oxygens (including phenoxy) is 1. The number of phenolic OH excluding ortho intramolecular Hbond substituents is 1. The maximum Gasteiger partial charge on any atom is 0.342 e. The van der Waals surface area contributed by atoms with Crippen molar-refractivity contribution in [3.63, 3.8) is 0 Å². The largest absolute Gasteiger partial charge is 0.507 e. The number of carbonyl (C=O) groups excluding carboxylic acids is 1. The molecule has 0 saturated carbocycles. The van der Waals surface area contributed by atoms with Crippen molar-refractivity contribution in [2.24, 2.45) is 0 Å². The zero-order chi connectivity index (χ0) is 33.2. The monoisotopic (exact) mass is 614 g/mol. The molecule has 3 N–H and O–H groups in total. The number of hydrogen-bond donors (Lipinski definition) is 3. The van der Waals surface area contributed by atoms with Crippen LogP contribution < -0.4 is 0 Å². The summed E-state index contributed by atoms with van der Waals surface area (Å²) >= 11 is 0. The fourth-order valence-corrected chi connectivity index (χ4v) is 4.83. The van der Waals surface area contributed by atoms with Crippen LogP contribution in [0.25, 0.3) is 44.2 Å². The lowest BCUT2D eigenvalue weighted by atomic mass is 9.98. The number of nitriles is 2. The van der Waals surface area contributed by atoms with Gasteiger partial charge in [0, 0.05) is 10.8 Å². The quantitative estimate of drug-likeness (QED) is 0.165. The van der Waals surface area contributed by atoms with E-state index in [1.165, 1.54) is 30.5 Å². The Morgan fingerprint density at radius 1 is 0.696 bits per heavy atom. The van der Waals surface area contributed by atoms with Crippen LogP contribution in [-0.4, -0.2) is 32.9 Å². The normalized spacial score (nSPS) is 10.9. The lowest BCUT2D eigenvalue weighted by Crippen LogP contribution is -2.23. The molecule has 0 amide bonds. The summed E-state index contributed by atoms with van der Waals surface area (Å²) in [6.45, 7) is 5.29. The van der Waals surface area contributed by atoms with Crippen molar-refractivity contribution in [2.75, 3.05) is 0 Å². The summed E-state index contributed by atoms with van der Waals surface area (Å²) in [5.74, 6) is -2.28. The highest BCUT2D eigenvalue weighted by Crippen LogP contribution is 2.35. The molecule has 0 bridgehead atoms. The third-order valence-electron chi connectivity index (χ3n) is 6.87. The van der Waals surface area contributed by atoms with Crippen LogP contribution in [0.4, 0.5) is 0 Å². The molecule has 228 valence electrons. The van der Waals surface area contributed by atoms with Crippen LogP contribution in [-0.2, 0) is 4.74 Å². The number of fused-ring (bicyclic) bond motifs is 2. The second-order valence-electron chi connectivity index (χ2n) is 11.2. The molecule has 0 aliphatic carbocycles. The van der Waals surface area contributed by atoms with Crippen molar-refractivity contribution in [3.05, 3.63) is 108 Å². The van der Waals surface area contributed by atoms with E-state index in [4.69, 9.17) is 23.9 Å². The van der Waals surface area contributed by atoms with Crippen LogP contribution in [0.2, 0.25) is 0 Å². The second kappa shape index (κ2) is 12.2. The molecule has 2 aromatic heterocycles. The van der Waals surface area contributed by atoms with E-state index in [1.54, 1.807) is 75.6 Å². The summed E-state index contributed by atoms with van der Waals surface area (Å²) in [5.41, 5.74) is 4.04. The zero-order valence-electron chi connectivity index (χ0n) is 24.9. The van der Waals surface area contributed by atoms with E-state index in [9.17, 15) is 25.1 Å². The molecular weight excluding hydrogens is 588 g/mol. The molecule has 0 fully saturated rings. The number of furan rings is 2. The first kappa shape index (κ1) is 30.9. The molecule has 0 unspecified atom stereocenters. The number of aromatic hydroxyl groups is 2. The van der Waals surface area contributed by atoms with Crippen molar-refractivity contribution in [2.45, 2.75) is 26.4 Å². The number of carboxylic acid groups (broad SMARTS) is 1. The predicted molar refractivity (Wildman–Crippen MR) is 168 cm³/mol. The number of carboxylic acids is 1. The summed E-state index contributed by atoms with van der Waals surface area (Å²) < 4.78 is 16.0. The molecule has 6 aromatic rings. The number of esters is 1. The van der Waals surface area contributed by atoms with Crippen LogP contribution in [0.3, 0.4) is 0 Å². The lowest BCUT2D eigenvalue weighted by molar-refractivity contribution is 0.00665. The molecule has 10 heteroatoms. The Bertz CT molecular complexity index is 2220. The Kier molecular flexibility index (Phi) is 8.22. The van der Waals surface area contributed by atoms with Crippen molar-refractivity contribution < 1.29 is 38.5 Å². The highest BCUT2D eigenvalue weighted by atomic mass is 16.6. The van der Waals surface area contributed by atoms with Gasteiger partial charge in [0.05, 0.1) is 35.8 Å². The van der Waals surface area contributed by atoms with E-state index in [0.717, 1.165) is 16.3 Å². The van der Waals surface area contributed by atoms with Gasteiger partial charge in [0.15, 0.2) is 0 Å². The minimum Gasteiger partial charge on any atom is -0.507 e. The molecule has 4 aromatic carbocycles. The zero-order valence-corrected chi connectivity index (χ0v) is 24.9. The Hall–Kier alpha value is -6.52. The molecular formula is C36H26N2O8. The molecule has 0 radical (unpaired) electrons. The van der Waals surface area contributed by atoms with E-state index in [2.05, 4.69) is 6.07 Å². The van der Waals surface area contributed by atoms with E-state index in [-0.39, 0.29) is 22.6 Å². The Balaban J connectivity index is 0.000000184. The van der Waals surface area contributed by atoms with Gasteiger partial charge in [0.2, 0.25) is 0 Å². The number of nitrogens with zero attached hydrogens (tertiary/aromatic N) is 2. The molecule has 0 aliphatic heterocycles. The van der Waals surface area contributed by atoms with E-state index < -0.39 is 17.5 Å². The fraction of sp³-hybridized carbons (Fsp3) is 0.111. The van der Waals surface area contributed by atoms with Crippen LogP contribution in [0.5, 0.6) is 11.5 Å². The van der Waals surface area contributed by atoms with Gasteiger partial charge in [-0.2, -0.15) is 10.5 Å². The molecule has 0 aliphatic rings. The van der Waals surface area contributed by atoms with Crippen molar-refractivity contribution in [1.29, 1.82) is 10.5 Å². The molecule has 46 heavy (non-hydrogen) atoms. The van der Waals surface area contributed by atoms with Gasteiger partial charge in [-0.25, -0.2) is 9.59 Å². The number of rotatable bonds is 4. The van der Waals surface area contributed by atoms with Gasteiger partial charge >= 0.3 is 11.9 Å². The summed E-state index contributed by atoms with van der Waals surface area (Å²) in [5, 5.41) is 48.9. The summed E-state index contributed by atoms with van der Waals surface area (Å²) in [7, 11) is 0. The smallest absolute Gasteiger partial charge is 0.342 e. The molecule has 0 saturated heterocycles. The van der Waals surface area contributed by atoms with Gasteiger partial charge in [-0.3, -0.25) is 0 Å². The SMILES string of the molecule is CC(C)(C)OC(=O)c1ccc(-c2cc(C#N)cc3occc23)cc1O.N#Cc1cc(-c2ccc(C(=O)O)c(O)c2)c2ccoc2c1. The van der Waals surface area contributed by atoms with Gasteiger partial charge in [-0.05, 0) is 104 Å². The molecule has 0 atom stereocenters. The first-order chi connectivity index (χ1) is 21.9. The highest BCUT2D eigenvalue weighted by molar-refractivity contribution is 5.99. The third-order valence-corrected chi connectivity index (χ3v) is 6.87. The summed E-state index contributed by atoms with van der Waals surface area (Å²) in [4.78, 5) is 23.1. The van der Waals surface area contributed by atoms with Crippen molar-refractivity contribution in [3.8, 4) is 45.9 Å². The molecule has 2 heterocycles. The molecule has 0 spiro atoms. The molecule has 6 rings (SSSR count). The van der Waals surface area contributed by atoms with Crippen LogP contribution in [0.15, 0.2) is 94.2 Å². The topological polar surface area (TPSA) is 178 Å². The molecule has 10 nitrogen and oxygen atoms in total. The standard InChI is InChI=1S/C20H17NO4.C16H9NO4/c1-20(2,3)25-19(23)15-5-4-13(10-17(15)22)16-8-12(11-21)9-18-14(16)6-7-24-18;17-8-9-5-13(11-3-4-21-15(11)6-9)10-1-2-12(16(19)20)14(18)7-10/h4-10,22H,1-3H3;1-7,18H,(H,19,20). The Morgan fingerprint density at radius 2 is 1.15 bits per heavy atom. The van der Waals surface area contributed by atoms with Gasteiger partial charge in [-0.15, -0.1) is 0 Å². The Morgan fingerprint density at radius 3 is 1.54 bits per heavy atom. The van der Waals surface area contributed by atoms with Crippen molar-refractivity contribution >= 4 is 33.9 Å². The van der Waals surface area contributed by atoms with Gasteiger partial charge < -0.3 is 28.9 Å². The number of carbonyl (C=O) groups is 2. The average Bonchev–Trinajstić information content (AvgIpc) is 3.69. The Labute approximate surface area is 262 Å². The predicted octanol–water partition coefficient (Wildman–Crippen LogP) is 8.01. The first-order valence-electron chi connectivity index (χ1n) is 13.8. The number of aromatic carboxylic acids is 1. The third kappa shape index (κ3) is 6.37. The number of hydrogen-bond acceptors (Lipinski definition) is 9. The second-order valence-corrected chi connectivity index (χ2v) is 11.2. The number of phenols is 2. The van der Waals surface area contributed by atoms with E-state index in [1.807, 2.05) is 6.07 Å². The van der Waals surface area contributed by atoms with Gasteiger partial charge in [0.1, 0.15) is 39.4 Å². The highest BCUT2D eigenvalue weighted by Gasteiger charge is 2.21. The van der Waals surface area contributed by atoms with Crippen LogP contribution in [0.1, 0.15) is 52.6 Å². The summed E-state index contributed by atoms with van der Waals surface area (Å²) in [6.07, 6.45) is 3.06. The average molecular weight is 615 g/mol. The van der Waals surface area contributed by atoms with Crippen LogP contribution in [0, 0.1) is 22.7 Å². The van der Waals surface area contributed by atoms with Gasteiger partial charge in [0.25, 0.3) is 0 Å².